The van der Waals surface area contributed by atoms with Crippen LogP contribution in [-0.2, 0) is 20.0 Å². The van der Waals surface area contributed by atoms with Gasteiger partial charge in [0.15, 0.2) is 0 Å². The Morgan fingerprint density at radius 3 is 2.11 bits per heavy atom. The molecule has 0 saturated heterocycles. The van der Waals surface area contributed by atoms with Crippen LogP contribution in [-0.4, -0.2) is 42.4 Å². The topological polar surface area (TPSA) is 131 Å². The molecule has 3 N–H and O–H groups in total. The number of nitrogens with one attached hydrogen (secondary N) is 3. The van der Waals surface area contributed by atoms with E-state index in [1.54, 1.807) is 0 Å². The lowest BCUT2D eigenvalue weighted by Crippen LogP contribution is -2.15. The van der Waals surface area contributed by atoms with Crippen LogP contribution in [0.5, 0.6) is 5.75 Å². The molecular weight excluding hydrogens is 430 g/mol. The Bertz CT molecular complexity index is 1120. The molecule has 0 bridgehead atoms. The van der Waals surface area contributed by atoms with Gasteiger partial charge in [-0.3, -0.25) is 14.2 Å². The summed E-state index contributed by atoms with van der Waals surface area (Å²) in [5, 5.41) is 2.73. The number of amides is 1. The molecule has 0 fully saturated rings. The van der Waals surface area contributed by atoms with Gasteiger partial charge in [0.1, 0.15) is 5.75 Å². The van der Waals surface area contributed by atoms with Gasteiger partial charge in [-0.1, -0.05) is 11.6 Å². The number of ether oxygens (including phenoxy) is 1. The number of benzene rings is 2. The van der Waals surface area contributed by atoms with Crippen molar-refractivity contribution in [2.75, 3.05) is 34.4 Å². The van der Waals surface area contributed by atoms with Crippen LogP contribution in [0.2, 0.25) is 5.02 Å². The maximum absolute atomic E-state index is 12.5. The van der Waals surface area contributed by atoms with E-state index in [1.165, 1.54) is 43.5 Å². The highest BCUT2D eigenvalue weighted by Gasteiger charge is 2.14. The van der Waals surface area contributed by atoms with Gasteiger partial charge >= 0.3 is 0 Å². The van der Waals surface area contributed by atoms with Gasteiger partial charge in [0.25, 0.3) is 5.91 Å². The molecule has 0 heterocycles. The summed E-state index contributed by atoms with van der Waals surface area (Å²) in [6.07, 6.45) is 1.95. The number of hydrogen-bond acceptors (Lipinski definition) is 6. The van der Waals surface area contributed by atoms with Crippen LogP contribution in [0.15, 0.2) is 36.4 Å². The largest absolute Gasteiger partial charge is 0.495 e. The van der Waals surface area contributed by atoms with E-state index in [2.05, 4.69) is 14.8 Å². The predicted octanol–water partition coefficient (Wildman–Crippen LogP) is 2.34. The second kappa shape index (κ2) is 8.25. The van der Waals surface area contributed by atoms with Gasteiger partial charge in [-0.15, -0.1) is 0 Å². The van der Waals surface area contributed by atoms with E-state index in [-0.39, 0.29) is 27.7 Å². The molecule has 9 nitrogen and oxygen atoms in total. The Morgan fingerprint density at radius 1 is 0.929 bits per heavy atom. The molecule has 0 aliphatic heterocycles. The van der Waals surface area contributed by atoms with Crippen molar-refractivity contribution in [1.82, 2.24) is 0 Å². The van der Waals surface area contributed by atoms with E-state index in [1.807, 2.05) is 0 Å². The highest BCUT2D eigenvalue weighted by atomic mass is 35.5. The minimum atomic E-state index is -3.58. The smallest absolute Gasteiger partial charge is 0.255 e. The van der Waals surface area contributed by atoms with E-state index >= 15 is 0 Å². The molecule has 1 amide bonds. The van der Waals surface area contributed by atoms with Crippen LogP contribution in [0, 0.1) is 0 Å². The average Bonchev–Trinajstić information content (AvgIpc) is 2.54. The molecule has 28 heavy (non-hydrogen) atoms. The third-order valence-corrected chi connectivity index (χ3v) is 4.79. The number of hydrogen-bond donors (Lipinski definition) is 3. The molecule has 12 heteroatoms. The van der Waals surface area contributed by atoms with Crippen molar-refractivity contribution in [3.8, 4) is 5.75 Å². The summed E-state index contributed by atoms with van der Waals surface area (Å²) >= 11 is 5.95. The van der Waals surface area contributed by atoms with Gasteiger partial charge in [-0.05, 0) is 36.4 Å². The van der Waals surface area contributed by atoms with Crippen LogP contribution in [0.4, 0.5) is 17.1 Å². The number of methoxy groups -OCH3 is 1. The Morgan fingerprint density at radius 2 is 1.54 bits per heavy atom. The molecule has 0 saturated carbocycles. The number of carbonyl (C=O) groups is 1. The lowest BCUT2D eigenvalue weighted by atomic mass is 10.2. The number of rotatable bonds is 7. The fourth-order valence-electron chi connectivity index (χ4n) is 2.21. The zero-order chi connectivity index (χ0) is 21.1. The number of anilines is 3. The van der Waals surface area contributed by atoms with Gasteiger partial charge in [0, 0.05) is 11.3 Å². The Labute approximate surface area is 168 Å². The first-order valence-electron chi connectivity index (χ1n) is 7.62. The summed E-state index contributed by atoms with van der Waals surface area (Å²) in [5.41, 5.74) is 0.651. The maximum atomic E-state index is 12.5. The second-order valence-electron chi connectivity index (χ2n) is 5.81. The number of carbonyl (C=O) groups excluding carboxylic acids is 1. The van der Waals surface area contributed by atoms with Crippen LogP contribution in [0.1, 0.15) is 10.4 Å². The van der Waals surface area contributed by atoms with E-state index < -0.39 is 26.0 Å². The first kappa shape index (κ1) is 21.8. The van der Waals surface area contributed by atoms with Crippen molar-refractivity contribution in [2.45, 2.75) is 0 Å². The van der Waals surface area contributed by atoms with Crippen molar-refractivity contribution in [3.63, 3.8) is 0 Å². The lowest BCUT2D eigenvalue weighted by Gasteiger charge is -2.13. The molecule has 2 aromatic rings. The molecule has 0 aliphatic carbocycles. The molecule has 0 atom stereocenters. The van der Waals surface area contributed by atoms with E-state index in [0.29, 0.717) is 5.69 Å². The third kappa shape index (κ3) is 6.29. The quantitative estimate of drug-likeness (QED) is 0.597. The molecule has 0 spiro atoms. The van der Waals surface area contributed by atoms with Crippen LogP contribution < -0.4 is 19.5 Å². The summed E-state index contributed by atoms with van der Waals surface area (Å²) in [6.45, 7) is 0. The zero-order valence-electron chi connectivity index (χ0n) is 15.1. The molecule has 0 radical (unpaired) electrons. The standard InChI is InChI=1S/C16H18ClN3O6S2/c1-26-15-7-5-11(9-14(15)20-28(3,24)25)18-16(21)10-4-6-12(17)13(8-10)19-27(2,22)23/h4-9,19-20H,1-3H3,(H,18,21). The summed E-state index contributed by atoms with van der Waals surface area (Å²) in [5.74, 6) is -0.279. The first-order chi connectivity index (χ1) is 12.9. The molecule has 2 aromatic carbocycles. The maximum Gasteiger partial charge on any atom is 0.255 e. The van der Waals surface area contributed by atoms with Crippen molar-refractivity contribution in [1.29, 1.82) is 0 Å². The van der Waals surface area contributed by atoms with Gasteiger partial charge in [-0.2, -0.15) is 0 Å². The molecule has 0 aliphatic rings. The number of sulfonamides is 2. The minimum Gasteiger partial charge on any atom is -0.495 e. The van der Waals surface area contributed by atoms with Gasteiger partial charge in [-0.25, -0.2) is 16.8 Å². The SMILES string of the molecule is COc1ccc(NC(=O)c2ccc(Cl)c(NS(C)(=O)=O)c2)cc1NS(C)(=O)=O. The second-order valence-corrected chi connectivity index (χ2v) is 9.72. The summed E-state index contributed by atoms with van der Waals surface area (Å²) in [4.78, 5) is 12.5. The van der Waals surface area contributed by atoms with Gasteiger partial charge < -0.3 is 10.1 Å². The van der Waals surface area contributed by atoms with Crippen molar-refractivity contribution < 1.29 is 26.4 Å². The van der Waals surface area contributed by atoms with Crippen LogP contribution in [0.25, 0.3) is 0 Å². The number of halogens is 1. The fourth-order valence-corrected chi connectivity index (χ4v) is 3.56. The van der Waals surface area contributed by atoms with Crippen molar-refractivity contribution >= 4 is 54.6 Å². The highest BCUT2D eigenvalue weighted by Crippen LogP contribution is 2.29. The molecular formula is C16H18ClN3O6S2. The molecule has 2 rings (SSSR count). The highest BCUT2D eigenvalue weighted by molar-refractivity contribution is 7.92. The van der Waals surface area contributed by atoms with Crippen molar-refractivity contribution in [2.24, 2.45) is 0 Å². The molecule has 0 unspecified atom stereocenters. The monoisotopic (exact) mass is 447 g/mol. The summed E-state index contributed by atoms with van der Waals surface area (Å²) in [6, 6.07) is 8.50. The Kier molecular flexibility index (Phi) is 6.42. The lowest BCUT2D eigenvalue weighted by molar-refractivity contribution is 0.102. The average molecular weight is 448 g/mol. The Balaban J connectivity index is 2.30. The van der Waals surface area contributed by atoms with Crippen molar-refractivity contribution in [3.05, 3.63) is 47.0 Å². The van der Waals surface area contributed by atoms with E-state index in [0.717, 1.165) is 12.5 Å². The minimum absolute atomic E-state index is 0.0611. The first-order valence-corrected chi connectivity index (χ1v) is 11.8. The summed E-state index contributed by atoms with van der Waals surface area (Å²) in [7, 11) is -5.75. The van der Waals surface area contributed by atoms with Crippen LogP contribution >= 0.6 is 11.6 Å². The third-order valence-electron chi connectivity index (χ3n) is 3.28. The Hall–Kier alpha value is -2.50. The summed E-state index contributed by atoms with van der Waals surface area (Å²) < 4.78 is 55.4. The van der Waals surface area contributed by atoms with Gasteiger partial charge in [0.2, 0.25) is 20.0 Å². The molecule has 152 valence electrons. The molecule has 0 aromatic heterocycles. The zero-order valence-corrected chi connectivity index (χ0v) is 17.5. The normalized spacial score (nSPS) is 11.6. The van der Waals surface area contributed by atoms with E-state index in [4.69, 9.17) is 16.3 Å². The van der Waals surface area contributed by atoms with Crippen LogP contribution in [0.3, 0.4) is 0 Å². The predicted molar refractivity (Wildman–Crippen MR) is 109 cm³/mol. The van der Waals surface area contributed by atoms with Gasteiger partial charge in [0.05, 0.1) is 36.0 Å². The fraction of sp³-hybridized carbons (Fsp3) is 0.188. The van der Waals surface area contributed by atoms with E-state index in [9.17, 15) is 21.6 Å².